The molecule has 2 aromatic rings. The number of hydrogen-bond donors (Lipinski definition) is 0. The van der Waals surface area contributed by atoms with E-state index in [1.807, 2.05) is 0 Å². The lowest BCUT2D eigenvalue weighted by atomic mass is 10.1. The molecule has 0 aliphatic carbocycles. The lowest BCUT2D eigenvalue weighted by molar-refractivity contribution is -0.363. The van der Waals surface area contributed by atoms with Gasteiger partial charge in [0.15, 0.2) is 0 Å². The minimum atomic E-state index is -0.739. The fraction of sp³-hybridized carbons (Fsp3) is 0.429. The molecule has 2 radical (unpaired) electrons. The molecule has 0 aliphatic rings. The summed E-state index contributed by atoms with van der Waals surface area (Å²) in [7, 11) is 3.00. The van der Waals surface area contributed by atoms with E-state index in [1.54, 1.807) is 36.4 Å². The first kappa shape index (κ1) is 29.1. The maximum atomic E-state index is 12.4. The van der Waals surface area contributed by atoms with Gasteiger partial charge in [-0.05, 0) is 42.8 Å². The van der Waals surface area contributed by atoms with Gasteiger partial charge in [0.1, 0.15) is 11.5 Å². The standard InChI is InChI=1S/C28H36O8/c1-4-5-6-7-8-9-10-11-12-19-26(33-35-27(29)22-15-13-17-24(20-22)31-2)34-36-28(30)23-16-14-18-25(21-23)32-3/h13-18,20-21H,1,4-12,19H2,2-3H3. The molecule has 0 aromatic heterocycles. The fourth-order valence-corrected chi connectivity index (χ4v) is 3.37. The molecular formula is C28H36O8. The van der Waals surface area contributed by atoms with Gasteiger partial charge >= 0.3 is 18.2 Å². The second kappa shape index (κ2) is 17.3. The van der Waals surface area contributed by atoms with Gasteiger partial charge in [-0.25, -0.2) is 9.59 Å². The minimum Gasteiger partial charge on any atom is -0.497 e. The van der Waals surface area contributed by atoms with Crippen LogP contribution in [0.15, 0.2) is 48.5 Å². The molecule has 36 heavy (non-hydrogen) atoms. The van der Waals surface area contributed by atoms with Crippen molar-refractivity contribution in [2.75, 3.05) is 14.2 Å². The number of methoxy groups -OCH3 is 2. The molecule has 0 saturated carbocycles. The lowest BCUT2D eigenvalue weighted by Gasteiger charge is -2.14. The first-order valence-corrected chi connectivity index (χ1v) is 12.3. The third-order valence-corrected chi connectivity index (χ3v) is 5.41. The number of ether oxygens (including phenoxy) is 2. The first-order chi connectivity index (χ1) is 17.6. The predicted octanol–water partition coefficient (Wildman–Crippen LogP) is 6.81. The van der Waals surface area contributed by atoms with Crippen molar-refractivity contribution in [1.29, 1.82) is 0 Å². The summed E-state index contributed by atoms with van der Waals surface area (Å²) in [6, 6.07) is 12.9. The number of carbonyl (C=O) groups excluding carboxylic acids is 2. The van der Waals surface area contributed by atoms with Crippen LogP contribution in [0.3, 0.4) is 0 Å². The van der Waals surface area contributed by atoms with Crippen molar-refractivity contribution in [1.82, 2.24) is 0 Å². The van der Waals surface area contributed by atoms with Gasteiger partial charge in [0, 0.05) is 6.42 Å². The molecule has 0 spiro atoms. The highest BCUT2D eigenvalue weighted by Crippen LogP contribution is 2.21. The van der Waals surface area contributed by atoms with E-state index in [2.05, 4.69) is 6.92 Å². The van der Waals surface area contributed by atoms with Crippen molar-refractivity contribution in [2.45, 2.75) is 64.2 Å². The predicted molar refractivity (Wildman–Crippen MR) is 134 cm³/mol. The quantitative estimate of drug-likeness (QED) is 0.125. The molecule has 0 bridgehead atoms. The van der Waals surface area contributed by atoms with Crippen LogP contribution in [0.1, 0.15) is 84.9 Å². The van der Waals surface area contributed by atoms with Gasteiger partial charge in [0.2, 0.25) is 0 Å². The molecule has 0 atom stereocenters. The Morgan fingerprint density at radius 1 is 0.639 bits per heavy atom. The Bertz CT molecular complexity index is 850. The average molecular weight is 501 g/mol. The molecule has 0 aliphatic heterocycles. The monoisotopic (exact) mass is 500 g/mol. The van der Waals surface area contributed by atoms with Gasteiger partial charge in [0.25, 0.3) is 0 Å². The van der Waals surface area contributed by atoms with Crippen molar-refractivity contribution in [3.8, 4) is 11.5 Å². The van der Waals surface area contributed by atoms with E-state index in [0.717, 1.165) is 25.7 Å². The molecule has 2 aromatic carbocycles. The Kier molecular flexibility index (Phi) is 14.0. The van der Waals surface area contributed by atoms with Gasteiger partial charge in [-0.15, -0.1) is 9.78 Å². The molecule has 0 fully saturated rings. The van der Waals surface area contributed by atoms with Crippen molar-refractivity contribution in [2.24, 2.45) is 0 Å². The van der Waals surface area contributed by atoms with Crippen molar-refractivity contribution >= 4 is 11.9 Å². The Balaban J connectivity index is 1.85. The van der Waals surface area contributed by atoms with Crippen molar-refractivity contribution in [3.63, 3.8) is 0 Å². The van der Waals surface area contributed by atoms with Crippen LogP contribution in [0.4, 0.5) is 0 Å². The van der Waals surface area contributed by atoms with Gasteiger partial charge in [-0.1, -0.05) is 70.4 Å². The van der Waals surface area contributed by atoms with Crippen LogP contribution in [-0.4, -0.2) is 26.2 Å². The zero-order chi connectivity index (χ0) is 26.0. The van der Waals surface area contributed by atoms with Crippen molar-refractivity contribution < 1.29 is 38.6 Å². The minimum absolute atomic E-state index is 0.127. The summed E-state index contributed by atoms with van der Waals surface area (Å²) < 4.78 is 10.2. The molecule has 0 saturated heterocycles. The fourth-order valence-electron chi connectivity index (χ4n) is 3.37. The normalized spacial score (nSPS) is 10.8. The van der Waals surface area contributed by atoms with Crippen molar-refractivity contribution in [3.05, 3.63) is 72.9 Å². The molecule has 196 valence electrons. The van der Waals surface area contributed by atoms with E-state index < -0.39 is 11.9 Å². The van der Waals surface area contributed by atoms with Gasteiger partial charge in [0.05, 0.1) is 25.3 Å². The summed E-state index contributed by atoms with van der Waals surface area (Å²) >= 11 is 0. The number of rotatable bonds is 18. The summed E-state index contributed by atoms with van der Waals surface area (Å²) in [5.74, 6) is -0.472. The number of benzene rings is 2. The SMILES string of the molecule is [CH2]CCCCCCCCCC[C](OOC(=O)c1cccc(OC)c1)OOC(=O)c1cccc(OC)c1. The van der Waals surface area contributed by atoms with Crippen LogP contribution >= 0.6 is 0 Å². The molecular weight excluding hydrogens is 464 g/mol. The van der Waals surface area contributed by atoms with E-state index in [4.69, 9.17) is 29.0 Å². The van der Waals surface area contributed by atoms with Crippen LogP contribution in [0.25, 0.3) is 0 Å². The Morgan fingerprint density at radius 2 is 1.08 bits per heavy atom. The van der Waals surface area contributed by atoms with E-state index >= 15 is 0 Å². The first-order valence-electron chi connectivity index (χ1n) is 12.3. The summed E-state index contributed by atoms with van der Waals surface area (Å²) in [5.41, 5.74) is 0.474. The summed E-state index contributed by atoms with van der Waals surface area (Å²) in [4.78, 5) is 44.9. The molecule has 0 heterocycles. The maximum absolute atomic E-state index is 12.4. The molecule has 0 amide bonds. The molecule has 2 rings (SSSR count). The average Bonchev–Trinajstić information content (AvgIpc) is 2.92. The van der Waals surface area contributed by atoms with Gasteiger partial charge in [-0.2, -0.15) is 0 Å². The third kappa shape index (κ3) is 11.1. The smallest absolute Gasteiger partial charge is 0.373 e. The lowest BCUT2D eigenvalue weighted by Crippen LogP contribution is -2.16. The third-order valence-electron chi connectivity index (χ3n) is 5.41. The van der Waals surface area contributed by atoms with E-state index in [0.29, 0.717) is 17.9 Å². The molecule has 0 N–H and O–H groups in total. The molecule has 8 nitrogen and oxygen atoms in total. The maximum Gasteiger partial charge on any atom is 0.373 e. The van der Waals surface area contributed by atoms with Gasteiger partial charge < -0.3 is 9.47 Å². The number of hydrogen-bond acceptors (Lipinski definition) is 8. The number of unbranched alkanes of at least 4 members (excludes halogenated alkanes) is 8. The second-order valence-corrected chi connectivity index (χ2v) is 8.18. The van der Waals surface area contributed by atoms with Crippen LogP contribution in [0.2, 0.25) is 0 Å². The summed E-state index contributed by atoms with van der Waals surface area (Å²) in [6.45, 7) is 3.86. The van der Waals surface area contributed by atoms with Crippen LogP contribution in [0, 0.1) is 13.2 Å². The highest BCUT2D eigenvalue weighted by Gasteiger charge is 2.22. The van der Waals surface area contributed by atoms with E-state index in [-0.39, 0.29) is 23.8 Å². The molecule has 0 unspecified atom stereocenters. The summed E-state index contributed by atoms with van der Waals surface area (Å²) in [6.07, 6.45) is 9.81. The summed E-state index contributed by atoms with van der Waals surface area (Å²) in [5, 5.41) is 0. The van der Waals surface area contributed by atoms with Gasteiger partial charge in [-0.3, -0.25) is 9.78 Å². The zero-order valence-corrected chi connectivity index (χ0v) is 21.2. The topological polar surface area (TPSA) is 89.5 Å². The van der Waals surface area contributed by atoms with E-state index in [9.17, 15) is 9.59 Å². The Hall–Kier alpha value is -3.10. The Labute approximate surface area is 213 Å². The number of carbonyl (C=O) groups is 2. The Morgan fingerprint density at radius 3 is 1.53 bits per heavy atom. The second-order valence-electron chi connectivity index (χ2n) is 8.18. The van der Waals surface area contributed by atoms with Crippen LogP contribution in [0.5, 0.6) is 11.5 Å². The molecule has 8 heteroatoms. The highest BCUT2D eigenvalue weighted by atomic mass is 17.3. The zero-order valence-electron chi connectivity index (χ0n) is 21.2. The largest absolute Gasteiger partial charge is 0.497 e. The van der Waals surface area contributed by atoms with Crippen LogP contribution < -0.4 is 9.47 Å². The van der Waals surface area contributed by atoms with E-state index in [1.165, 1.54) is 52.0 Å². The van der Waals surface area contributed by atoms with Crippen LogP contribution in [-0.2, 0) is 19.6 Å². The highest BCUT2D eigenvalue weighted by molar-refractivity contribution is 5.90.